The van der Waals surface area contributed by atoms with Crippen LogP contribution in [-0.4, -0.2) is 0 Å². The molecule has 2 aromatic rings. The molecule has 0 aliphatic heterocycles. The molecule has 0 heterocycles. The Bertz CT molecular complexity index is 525. The van der Waals surface area contributed by atoms with E-state index < -0.39 is 0 Å². The molecular formula is C14H14ClNO. The summed E-state index contributed by atoms with van der Waals surface area (Å²) in [6.45, 7) is 2.56. The van der Waals surface area contributed by atoms with E-state index in [0.29, 0.717) is 17.3 Å². The first kappa shape index (κ1) is 12.0. The van der Waals surface area contributed by atoms with Crippen molar-refractivity contribution in [2.45, 2.75) is 13.5 Å². The summed E-state index contributed by atoms with van der Waals surface area (Å²) in [5, 5.41) is 0.605. The van der Waals surface area contributed by atoms with Crippen LogP contribution in [0.4, 0.5) is 0 Å². The minimum atomic E-state index is 0.540. The van der Waals surface area contributed by atoms with Gasteiger partial charge in [0.15, 0.2) is 0 Å². The highest BCUT2D eigenvalue weighted by molar-refractivity contribution is 6.32. The predicted molar refractivity (Wildman–Crippen MR) is 70.6 cm³/mol. The number of benzene rings is 2. The number of nitrogens with two attached hydrogens (primary N) is 1. The van der Waals surface area contributed by atoms with E-state index in [-0.39, 0.29) is 0 Å². The maximum absolute atomic E-state index is 6.03. The molecule has 3 heteroatoms. The number of para-hydroxylation sites is 1. The summed E-state index contributed by atoms with van der Waals surface area (Å²) in [5.74, 6) is 1.43. The van der Waals surface area contributed by atoms with Crippen LogP contribution in [0, 0.1) is 6.92 Å². The quantitative estimate of drug-likeness (QED) is 0.893. The highest BCUT2D eigenvalue weighted by atomic mass is 35.5. The molecule has 0 bridgehead atoms. The Morgan fingerprint density at radius 2 is 1.94 bits per heavy atom. The molecule has 88 valence electrons. The van der Waals surface area contributed by atoms with E-state index in [4.69, 9.17) is 22.1 Å². The molecule has 0 radical (unpaired) electrons. The smallest absolute Gasteiger partial charge is 0.146 e. The summed E-state index contributed by atoms with van der Waals surface area (Å²) >= 11 is 6.03. The second kappa shape index (κ2) is 5.21. The predicted octanol–water partition coefficient (Wildman–Crippen LogP) is 3.90. The van der Waals surface area contributed by atoms with Crippen molar-refractivity contribution in [3.05, 3.63) is 58.6 Å². The summed E-state index contributed by atoms with van der Waals surface area (Å²) in [5.41, 5.74) is 7.86. The molecule has 2 aromatic carbocycles. The van der Waals surface area contributed by atoms with Gasteiger partial charge in [-0.05, 0) is 42.3 Å². The van der Waals surface area contributed by atoms with E-state index in [2.05, 4.69) is 0 Å². The van der Waals surface area contributed by atoms with Crippen LogP contribution in [0.2, 0.25) is 5.02 Å². The first-order valence-corrected chi connectivity index (χ1v) is 5.80. The Labute approximate surface area is 106 Å². The van der Waals surface area contributed by atoms with Gasteiger partial charge in [-0.15, -0.1) is 0 Å². The van der Waals surface area contributed by atoms with Crippen molar-refractivity contribution in [2.75, 3.05) is 0 Å². The maximum Gasteiger partial charge on any atom is 0.146 e. The fourth-order valence-electron chi connectivity index (χ4n) is 1.62. The van der Waals surface area contributed by atoms with Crippen LogP contribution < -0.4 is 10.5 Å². The third-order valence-electron chi connectivity index (χ3n) is 2.60. The van der Waals surface area contributed by atoms with Crippen LogP contribution in [0.3, 0.4) is 0 Å². The van der Waals surface area contributed by atoms with Gasteiger partial charge in [-0.1, -0.05) is 29.8 Å². The highest BCUT2D eigenvalue weighted by Crippen LogP contribution is 2.29. The number of hydrogen-bond donors (Lipinski definition) is 1. The molecule has 0 saturated carbocycles. The van der Waals surface area contributed by atoms with Crippen LogP contribution in [0.1, 0.15) is 11.1 Å². The van der Waals surface area contributed by atoms with Gasteiger partial charge >= 0.3 is 0 Å². The number of rotatable bonds is 3. The van der Waals surface area contributed by atoms with Crippen molar-refractivity contribution in [3.8, 4) is 11.5 Å². The van der Waals surface area contributed by atoms with E-state index in [1.54, 1.807) is 6.07 Å². The summed E-state index contributed by atoms with van der Waals surface area (Å²) in [6.07, 6.45) is 0. The summed E-state index contributed by atoms with van der Waals surface area (Å²) in [7, 11) is 0. The van der Waals surface area contributed by atoms with Gasteiger partial charge in [-0.2, -0.15) is 0 Å². The molecule has 17 heavy (non-hydrogen) atoms. The SMILES string of the molecule is Cc1cc(Oc2ccccc2Cl)ccc1CN. The van der Waals surface area contributed by atoms with Crippen molar-refractivity contribution in [1.29, 1.82) is 0 Å². The molecule has 2 nitrogen and oxygen atoms in total. The molecule has 0 aliphatic rings. The zero-order valence-electron chi connectivity index (χ0n) is 9.61. The van der Waals surface area contributed by atoms with E-state index in [1.807, 2.05) is 43.3 Å². The van der Waals surface area contributed by atoms with Crippen molar-refractivity contribution in [3.63, 3.8) is 0 Å². The lowest BCUT2D eigenvalue weighted by atomic mass is 10.1. The zero-order chi connectivity index (χ0) is 12.3. The average Bonchev–Trinajstić information content (AvgIpc) is 2.32. The van der Waals surface area contributed by atoms with Crippen molar-refractivity contribution >= 4 is 11.6 Å². The van der Waals surface area contributed by atoms with Gasteiger partial charge in [0.25, 0.3) is 0 Å². The monoisotopic (exact) mass is 247 g/mol. The normalized spacial score (nSPS) is 10.3. The lowest BCUT2D eigenvalue weighted by Gasteiger charge is -2.09. The molecule has 0 saturated heterocycles. The first-order valence-electron chi connectivity index (χ1n) is 5.42. The first-order chi connectivity index (χ1) is 8.20. The number of hydrogen-bond acceptors (Lipinski definition) is 2. The Hall–Kier alpha value is -1.51. The molecule has 0 aliphatic carbocycles. The molecule has 0 fully saturated rings. The van der Waals surface area contributed by atoms with Crippen LogP contribution in [0.25, 0.3) is 0 Å². The lowest BCUT2D eigenvalue weighted by molar-refractivity contribution is 0.482. The number of aryl methyl sites for hydroxylation is 1. The Balaban J connectivity index is 2.25. The second-order valence-electron chi connectivity index (χ2n) is 3.82. The fourth-order valence-corrected chi connectivity index (χ4v) is 1.79. The molecule has 2 rings (SSSR count). The van der Waals surface area contributed by atoms with E-state index in [9.17, 15) is 0 Å². The number of ether oxygens (including phenoxy) is 1. The van der Waals surface area contributed by atoms with Gasteiger partial charge in [0.1, 0.15) is 11.5 Å². The van der Waals surface area contributed by atoms with Gasteiger partial charge in [0.2, 0.25) is 0 Å². The molecule has 0 spiro atoms. The third-order valence-corrected chi connectivity index (χ3v) is 2.91. The third kappa shape index (κ3) is 2.78. The van der Waals surface area contributed by atoms with Crippen molar-refractivity contribution in [2.24, 2.45) is 5.73 Å². The molecule has 0 amide bonds. The Morgan fingerprint density at radius 1 is 1.18 bits per heavy atom. The van der Waals surface area contributed by atoms with Gasteiger partial charge in [-0.3, -0.25) is 0 Å². The van der Waals surface area contributed by atoms with Crippen molar-refractivity contribution < 1.29 is 4.74 Å². The summed E-state index contributed by atoms with van der Waals surface area (Å²) < 4.78 is 5.72. The zero-order valence-corrected chi connectivity index (χ0v) is 10.4. The van der Waals surface area contributed by atoms with Gasteiger partial charge in [-0.25, -0.2) is 0 Å². The molecule has 2 N–H and O–H groups in total. The second-order valence-corrected chi connectivity index (χ2v) is 4.23. The lowest BCUT2D eigenvalue weighted by Crippen LogP contribution is -1.98. The number of halogens is 1. The van der Waals surface area contributed by atoms with E-state index in [1.165, 1.54) is 0 Å². The molecule has 0 unspecified atom stereocenters. The van der Waals surface area contributed by atoms with Crippen molar-refractivity contribution in [1.82, 2.24) is 0 Å². The Morgan fingerprint density at radius 3 is 2.59 bits per heavy atom. The van der Waals surface area contributed by atoms with Crippen LogP contribution in [-0.2, 0) is 6.54 Å². The minimum Gasteiger partial charge on any atom is -0.456 e. The van der Waals surface area contributed by atoms with Gasteiger partial charge in [0.05, 0.1) is 5.02 Å². The molecule has 0 atom stereocenters. The van der Waals surface area contributed by atoms with E-state index >= 15 is 0 Å². The Kier molecular flexibility index (Phi) is 3.67. The highest BCUT2D eigenvalue weighted by Gasteiger charge is 2.03. The van der Waals surface area contributed by atoms with Crippen LogP contribution >= 0.6 is 11.6 Å². The molecular weight excluding hydrogens is 234 g/mol. The van der Waals surface area contributed by atoms with Gasteiger partial charge < -0.3 is 10.5 Å². The van der Waals surface area contributed by atoms with Crippen LogP contribution in [0.15, 0.2) is 42.5 Å². The maximum atomic E-state index is 6.03. The average molecular weight is 248 g/mol. The van der Waals surface area contributed by atoms with Gasteiger partial charge in [0, 0.05) is 6.54 Å². The molecule has 0 aromatic heterocycles. The largest absolute Gasteiger partial charge is 0.456 e. The van der Waals surface area contributed by atoms with E-state index in [0.717, 1.165) is 16.9 Å². The summed E-state index contributed by atoms with van der Waals surface area (Å²) in [6, 6.07) is 13.2. The summed E-state index contributed by atoms with van der Waals surface area (Å²) in [4.78, 5) is 0. The standard InChI is InChI=1S/C14H14ClNO/c1-10-8-12(7-6-11(10)9-16)17-14-5-3-2-4-13(14)15/h2-8H,9,16H2,1H3. The topological polar surface area (TPSA) is 35.2 Å². The minimum absolute atomic E-state index is 0.540. The van der Waals surface area contributed by atoms with Crippen LogP contribution in [0.5, 0.6) is 11.5 Å². The fraction of sp³-hybridized carbons (Fsp3) is 0.143.